The van der Waals surface area contributed by atoms with Gasteiger partial charge in [-0.05, 0) is 0 Å². The van der Waals surface area contributed by atoms with E-state index in [-0.39, 0.29) is 17.1 Å². The molecule has 0 aliphatic rings. The number of hydrogen-bond acceptors (Lipinski definition) is 4. The molecule has 2 N–H and O–H groups in total. The summed E-state index contributed by atoms with van der Waals surface area (Å²) < 4.78 is 34.7. The first-order chi connectivity index (χ1) is 7.52. The number of amides is 1. The average Bonchev–Trinajstić information content (AvgIpc) is 2.26. The summed E-state index contributed by atoms with van der Waals surface area (Å²) in [5.74, 6) is -1.25. The highest BCUT2D eigenvalue weighted by atomic mass is 19.3. The van der Waals surface area contributed by atoms with Gasteiger partial charge < -0.3 is 15.2 Å². The Morgan fingerprint density at radius 2 is 1.94 bits per heavy atom. The minimum atomic E-state index is -2.83. The van der Waals surface area contributed by atoms with E-state index < -0.39 is 18.0 Å². The van der Waals surface area contributed by atoms with Gasteiger partial charge in [-0.15, -0.1) is 0 Å². The molecule has 1 aromatic rings. The first kappa shape index (κ1) is 12.2. The van der Waals surface area contributed by atoms with Gasteiger partial charge in [0, 0.05) is 6.20 Å². The summed E-state index contributed by atoms with van der Waals surface area (Å²) in [5.41, 5.74) is 4.34. The number of primary amides is 1. The Kier molecular flexibility index (Phi) is 3.60. The maximum Gasteiger partial charge on any atom is 0.284 e. The average molecular weight is 232 g/mol. The molecule has 0 aliphatic carbocycles. The van der Waals surface area contributed by atoms with Gasteiger partial charge in [0.1, 0.15) is 5.56 Å². The lowest BCUT2D eigenvalue weighted by atomic mass is 10.2. The number of nitrogens with zero attached hydrogens (tertiary/aromatic N) is 1. The zero-order valence-electron chi connectivity index (χ0n) is 8.66. The van der Waals surface area contributed by atoms with Crippen LogP contribution in [0.1, 0.15) is 22.5 Å². The summed E-state index contributed by atoms with van der Waals surface area (Å²) in [5, 5.41) is 0. The van der Waals surface area contributed by atoms with Crippen LogP contribution in [-0.2, 0) is 0 Å². The molecule has 0 saturated heterocycles. The zero-order valence-corrected chi connectivity index (χ0v) is 8.66. The second-order valence-electron chi connectivity index (χ2n) is 2.79. The highest BCUT2D eigenvalue weighted by molar-refractivity contribution is 5.96. The second kappa shape index (κ2) is 4.73. The van der Waals surface area contributed by atoms with Gasteiger partial charge in [0.25, 0.3) is 12.3 Å². The first-order valence-corrected chi connectivity index (χ1v) is 4.21. The molecule has 1 amide bonds. The van der Waals surface area contributed by atoms with Crippen molar-refractivity contribution in [3.8, 4) is 11.5 Å². The van der Waals surface area contributed by atoms with Gasteiger partial charge in [-0.3, -0.25) is 9.78 Å². The molecule has 0 aromatic carbocycles. The van der Waals surface area contributed by atoms with E-state index in [1.165, 1.54) is 14.2 Å². The van der Waals surface area contributed by atoms with E-state index >= 15 is 0 Å². The van der Waals surface area contributed by atoms with Crippen molar-refractivity contribution >= 4 is 5.91 Å². The molecule has 1 aromatic heterocycles. The largest absolute Gasteiger partial charge is 0.492 e. The number of ether oxygens (including phenoxy) is 2. The lowest BCUT2D eigenvalue weighted by Crippen LogP contribution is -2.14. The van der Waals surface area contributed by atoms with Crippen LogP contribution in [0.3, 0.4) is 0 Å². The normalized spacial score (nSPS) is 10.3. The predicted molar refractivity (Wildman–Crippen MR) is 50.8 cm³/mol. The lowest BCUT2D eigenvalue weighted by Gasteiger charge is -2.13. The van der Waals surface area contributed by atoms with Crippen LogP contribution in [0.4, 0.5) is 8.78 Å². The third-order valence-corrected chi connectivity index (χ3v) is 1.90. The first-order valence-electron chi connectivity index (χ1n) is 4.21. The second-order valence-corrected chi connectivity index (χ2v) is 2.79. The van der Waals surface area contributed by atoms with E-state index in [2.05, 4.69) is 4.98 Å². The summed E-state index contributed by atoms with van der Waals surface area (Å²) in [7, 11) is 2.40. The van der Waals surface area contributed by atoms with Crippen molar-refractivity contribution in [2.24, 2.45) is 5.73 Å². The number of carbonyl (C=O) groups excluding carboxylic acids is 1. The van der Waals surface area contributed by atoms with Gasteiger partial charge in [0.15, 0.2) is 17.2 Å². The van der Waals surface area contributed by atoms with E-state index in [1.54, 1.807) is 0 Å². The topological polar surface area (TPSA) is 74.4 Å². The predicted octanol–water partition coefficient (Wildman–Crippen LogP) is 1.14. The minimum absolute atomic E-state index is 0.108. The molecule has 5 nitrogen and oxygen atoms in total. The number of pyridine rings is 1. The SMILES string of the molecule is COc1c(C(N)=O)cnc(C(F)F)c1OC. The summed E-state index contributed by atoms with van der Waals surface area (Å²) in [6, 6.07) is 0. The molecular weight excluding hydrogens is 222 g/mol. The number of nitrogens with two attached hydrogens (primary N) is 1. The van der Waals surface area contributed by atoms with E-state index in [0.717, 1.165) is 6.20 Å². The highest BCUT2D eigenvalue weighted by Crippen LogP contribution is 2.37. The van der Waals surface area contributed by atoms with Gasteiger partial charge in [-0.1, -0.05) is 0 Å². The van der Waals surface area contributed by atoms with E-state index in [0.29, 0.717) is 0 Å². The fourth-order valence-electron chi connectivity index (χ4n) is 1.22. The number of aromatic nitrogens is 1. The Hall–Kier alpha value is -1.92. The van der Waals surface area contributed by atoms with Crippen LogP contribution in [0.15, 0.2) is 6.20 Å². The maximum absolute atomic E-state index is 12.5. The molecule has 0 bridgehead atoms. The van der Waals surface area contributed by atoms with Crippen LogP contribution in [0.25, 0.3) is 0 Å². The van der Waals surface area contributed by atoms with Crippen LogP contribution in [0, 0.1) is 0 Å². The van der Waals surface area contributed by atoms with Crippen molar-refractivity contribution in [3.63, 3.8) is 0 Å². The Labute approximate surface area is 90.2 Å². The van der Waals surface area contributed by atoms with Crippen LogP contribution in [-0.4, -0.2) is 25.1 Å². The molecule has 0 aliphatic heterocycles. The van der Waals surface area contributed by atoms with Crippen molar-refractivity contribution in [2.45, 2.75) is 6.43 Å². The monoisotopic (exact) mass is 232 g/mol. The molecule has 0 saturated carbocycles. The van der Waals surface area contributed by atoms with E-state index in [1.807, 2.05) is 0 Å². The maximum atomic E-state index is 12.5. The molecule has 16 heavy (non-hydrogen) atoms. The van der Waals surface area contributed by atoms with Crippen molar-refractivity contribution in [1.29, 1.82) is 0 Å². The molecule has 1 heterocycles. The number of rotatable bonds is 4. The van der Waals surface area contributed by atoms with Crippen molar-refractivity contribution in [3.05, 3.63) is 17.5 Å². The molecule has 0 unspecified atom stereocenters. The fourth-order valence-corrected chi connectivity index (χ4v) is 1.22. The van der Waals surface area contributed by atoms with Crippen molar-refractivity contribution in [2.75, 3.05) is 14.2 Å². The molecule has 0 spiro atoms. The van der Waals surface area contributed by atoms with Gasteiger partial charge in [-0.25, -0.2) is 8.78 Å². The molecule has 1 rings (SSSR count). The number of alkyl halides is 2. The van der Waals surface area contributed by atoms with Crippen LogP contribution < -0.4 is 15.2 Å². The zero-order chi connectivity index (χ0) is 12.3. The number of halogens is 2. The number of methoxy groups -OCH3 is 2. The third-order valence-electron chi connectivity index (χ3n) is 1.90. The lowest BCUT2D eigenvalue weighted by molar-refractivity contribution is 0.0994. The fraction of sp³-hybridized carbons (Fsp3) is 0.333. The van der Waals surface area contributed by atoms with Gasteiger partial charge in [-0.2, -0.15) is 0 Å². The molecule has 0 radical (unpaired) electrons. The van der Waals surface area contributed by atoms with Gasteiger partial charge >= 0.3 is 0 Å². The van der Waals surface area contributed by atoms with Gasteiger partial charge in [0.2, 0.25) is 0 Å². The minimum Gasteiger partial charge on any atom is -0.492 e. The standard InChI is InChI=1S/C9H10F2N2O3/c1-15-6-4(9(12)14)3-13-5(8(10)11)7(6)16-2/h3,8H,1-2H3,(H2,12,14). The Morgan fingerprint density at radius 3 is 2.31 bits per heavy atom. The molecule has 88 valence electrons. The summed E-state index contributed by atoms with van der Waals surface area (Å²) in [4.78, 5) is 14.4. The van der Waals surface area contributed by atoms with Crippen LogP contribution in [0.5, 0.6) is 11.5 Å². The smallest absolute Gasteiger partial charge is 0.284 e. The van der Waals surface area contributed by atoms with E-state index in [4.69, 9.17) is 15.2 Å². The molecule has 7 heteroatoms. The van der Waals surface area contributed by atoms with Crippen LogP contribution >= 0.6 is 0 Å². The van der Waals surface area contributed by atoms with Crippen molar-refractivity contribution in [1.82, 2.24) is 4.98 Å². The van der Waals surface area contributed by atoms with E-state index in [9.17, 15) is 13.6 Å². The quantitative estimate of drug-likeness (QED) is 0.844. The molecular formula is C9H10F2N2O3. The Balaban J connectivity index is 3.46. The Bertz CT molecular complexity index is 410. The summed E-state index contributed by atoms with van der Waals surface area (Å²) in [6.07, 6.45) is -1.89. The highest BCUT2D eigenvalue weighted by Gasteiger charge is 2.24. The Morgan fingerprint density at radius 1 is 1.38 bits per heavy atom. The molecule has 0 atom stereocenters. The number of hydrogen-bond donors (Lipinski definition) is 1. The molecule has 0 fully saturated rings. The van der Waals surface area contributed by atoms with Crippen molar-refractivity contribution < 1.29 is 23.0 Å². The van der Waals surface area contributed by atoms with Crippen LogP contribution in [0.2, 0.25) is 0 Å². The third kappa shape index (κ3) is 2.02. The summed E-state index contributed by atoms with van der Waals surface area (Å²) in [6.45, 7) is 0. The number of carbonyl (C=O) groups is 1. The summed E-state index contributed by atoms with van der Waals surface area (Å²) >= 11 is 0. The van der Waals surface area contributed by atoms with Gasteiger partial charge in [0.05, 0.1) is 14.2 Å².